The van der Waals surface area contributed by atoms with E-state index in [1.54, 1.807) is 42.6 Å². The van der Waals surface area contributed by atoms with Gasteiger partial charge in [0.05, 0.1) is 18.4 Å². The molecule has 0 atom stereocenters. The molecule has 3 heterocycles. The van der Waals surface area contributed by atoms with Crippen LogP contribution in [-0.2, 0) is 12.3 Å². The van der Waals surface area contributed by atoms with E-state index in [-0.39, 0.29) is 0 Å². The minimum atomic E-state index is 0.736. The monoisotopic (exact) mass is 409 g/mol. The number of nitrogens with zero attached hydrogens (tertiary/aromatic N) is 5. The lowest BCUT2D eigenvalue weighted by Gasteiger charge is -2.06. The highest BCUT2D eigenvalue weighted by Gasteiger charge is 2.15. The van der Waals surface area contributed by atoms with Crippen molar-refractivity contribution in [2.45, 2.75) is 24.4 Å². The molecule has 4 aromatic rings. The normalized spacial score (nSPS) is 10.9. The van der Waals surface area contributed by atoms with Crippen molar-refractivity contribution < 1.29 is 4.74 Å². The standard InChI is InChI=1S/C20H19N5OS2/c1-3-25-18(14-8-10-21-11-9-14)23-24-20(25)28-13-15-12-27-19(22-15)16-6-4-5-7-17(16)26-2/h4-12H,3,13H2,1-2H3. The first kappa shape index (κ1) is 18.6. The van der Waals surface area contributed by atoms with Crippen LogP contribution in [0.4, 0.5) is 0 Å². The zero-order chi connectivity index (χ0) is 19.3. The third-order valence-electron chi connectivity index (χ3n) is 4.21. The maximum atomic E-state index is 5.45. The minimum absolute atomic E-state index is 0.736. The molecule has 0 aliphatic rings. The Labute approximate surface area is 171 Å². The predicted molar refractivity (Wildman–Crippen MR) is 113 cm³/mol. The van der Waals surface area contributed by atoms with Gasteiger partial charge in [-0.2, -0.15) is 0 Å². The second-order valence-corrected chi connectivity index (χ2v) is 7.72. The first-order valence-electron chi connectivity index (χ1n) is 8.84. The fourth-order valence-electron chi connectivity index (χ4n) is 2.85. The topological polar surface area (TPSA) is 65.7 Å². The summed E-state index contributed by atoms with van der Waals surface area (Å²) in [6.07, 6.45) is 3.54. The molecule has 142 valence electrons. The lowest BCUT2D eigenvalue weighted by Crippen LogP contribution is -2.00. The number of methoxy groups -OCH3 is 1. The molecule has 3 aromatic heterocycles. The molecule has 0 saturated carbocycles. The highest BCUT2D eigenvalue weighted by atomic mass is 32.2. The summed E-state index contributed by atoms with van der Waals surface area (Å²) in [5.41, 5.74) is 3.05. The second-order valence-electron chi connectivity index (χ2n) is 5.92. The molecule has 0 saturated heterocycles. The summed E-state index contributed by atoms with van der Waals surface area (Å²) in [5.74, 6) is 2.43. The van der Waals surface area contributed by atoms with Crippen molar-refractivity contribution in [3.05, 3.63) is 59.9 Å². The van der Waals surface area contributed by atoms with Gasteiger partial charge in [-0.25, -0.2) is 4.98 Å². The van der Waals surface area contributed by atoms with Crippen LogP contribution in [0.2, 0.25) is 0 Å². The molecule has 1 aromatic carbocycles. The third kappa shape index (κ3) is 3.79. The van der Waals surface area contributed by atoms with Crippen molar-refractivity contribution in [2.75, 3.05) is 7.11 Å². The van der Waals surface area contributed by atoms with Gasteiger partial charge in [-0.15, -0.1) is 21.5 Å². The van der Waals surface area contributed by atoms with Gasteiger partial charge < -0.3 is 9.30 Å². The summed E-state index contributed by atoms with van der Waals surface area (Å²) in [4.78, 5) is 8.85. The van der Waals surface area contributed by atoms with Crippen molar-refractivity contribution in [1.82, 2.24) is 24.7 Å². The maximum absolute atomic E-state index is 5.45. The number of thiazole rings is 1. The number of hydrogen-bond donors (Lipinski definition) is 0. The number of para-hydroxylation sites is 1. The molecule has 8 heteroatoms. The Balaban J connectivity index is 1.52. The Bertz CT molecular complexity index is 1060. The average molecular weight is 410 g/mol. The molecular formula is C20H19N5OS2. The molecule has 0 amide bonds. The van der Waals surface area contributed by atoms with E-state index in [9.17, 15) is 0 Å². The number of rotatable bonds is 7. The Morgan fingerprint density at radius 3 is 2.71 bits per heavy atom. The zero-order valence-corrected chi connectivity index (χ0v) is 17.2. The molecule has 0 fully saturated rings. The molecule has 0 N–H and O–H groups in total. The summed E-state index contributed by atoms with van der Waals surface area (Å²) >= 11 is 3.27. The van der Waals surface area contributed by atoms with Gasteiger partial charge >= 0.3 is 0 Å². The van der Waals surface area contributed by atoms with Gasteiger partial charge in [0, 0.05) is 35.6 Å². The molecule has 28 heavy (non-hydrogen) atoms. The van der Waals surface area contributed by atoms with Crippen LogP contribution in [0.25, 0.3) is 22.0 Å². The summed E-state index contributed by atoms with van der Waals surface area (Å²) in [7, 11) is 1.68. The van der Waals surface area contributed by atoms with Gasteiger partial charge in [0.1, 0.15) is 10.8 Å². The van der Waals surface area contributed by atoms with Crippen LogP contribution in [0.1, 0.15) is 12.6 Å². The Kier molecular flexibility index (Phi) is 5.68. The minimum Gasteiger partial charge on any atom is -0.496 e. The van der Waals surface area contributed by atoms with Crippen LogP contribution in [0, 0.1) is 0 Å². The van der Waals surface area contributed by atoms with Crippen LogP contribution < -0.4 is 4.74 Å². The molecule has 0 aliphatic carbocycles. The lowest BCUT2D eigenvalue weighted by atomic mass is 10.2. The molecular weight excluding hydrogens is 390 g/mol. The van der Waals surface area contributed by atoms with Crippen molar-refractivity contribution in [3.8, 4) is 27.7 Å². The van der Waals surface area contributed by atoms with E-state index < -0.39 is 0 Å². The number of aromatic nitrogens is 5. The van der Waals surface area contributed by atoms with Crippen LogP contribution in [-0.4, -0.2) is 31.8 Å². The van der Waals surface area contributed by atoms with E-state index in [0.717, 1.165) is 50.9 Å². The van der Waals surface area contributed by atoms with E-state index in [4.69, 9.17) is 9.72 Å². The van der Waals surface area contributed by atoms with Gasteiger partial charge in [-0.3, -0.25) is 4.98 Å². The third-order valence-corrected chi connectivity index (χ3v) is 6.13. The number of thioether (sulfide) groups is 1. The molecule has 0 radical (unpaired) electrons. The van der Waals surface area contributed by atoms with Crippen molar-refractivity contribution in [3.63, 3.8) is 0 Å². The van der Waals surface area contributed by atoms with Gasteiger partial charge in [0.25, 0.3) is 0 Å². The van der Waals surface area contributed by atoms with Gasteiger partial charge in [0.15, 0.2) is 11.0 Å². The molecule has 0 aliphatic heterocycles. The van der Waals surface area contributed by atoms with Crippen LogP contribution in [0.3, 0.4) is 0 Å². The largest absolute Gasteiger partial charge is 0.496 e. The molecule has 0 bridgehead atoms. The highest BCUT2D eigenvalue weighted by molar-refractivity contribution is 7.98. The first-order chi connectivity index (χ1) is 13.8. The molecule has 4 rings (SSSR count). The van der Waals surface area contributed by atoms with Crippen molar-refractivity contribution >= 4 is 23.1 Å². The van der Waals surface area contributed by atoms with E-state index in [0.29, 0.717) is 0 Å². The van der Waals surface area contributed by atoms with E-state index in [1.807, 2.05) is 36.4 Å². The smallest absolute Gasteiger partial charge is 0.191 e. The van der Waals surface area contributed by atoms with E-state index in [1.165, 1.54) is 0 Å². The number of pyridine rings is 1. The zero-order valence-electron chi connectivity index (χ0n) is 15.6. The van der Waals surface area contributed by atoms with Gasteiger partial charge in [-0.1, -0.05) is 23.9 Å². The summed E-state index contributed by atoms with van der Waals surface area (Å²) in [6, 6.07) is 11.8. The summed E-state index contributed by atoms with van der Waals surface area (Å²) in [5, 5.41) is 12.7. The molecule has 0 spiro atoms. The molecule has 0 unspecified atom stereocenters. The van der Waals surface area contributed by atoms with Crippen molar-refractivity contribution in [2.24, 2.45) is 0 Å². The van der Waals surface area contributed by atoms with Crippen molar-refractivity contribution in [1.29, 1.82) is 0 Å². The first-order valence-corrected chi connectivity index (χ1v) is 10.7. The second kappa shape index (κ2) is 8.53. The Morgan fingerprint density at radius 2 is 1.93 bits per heavy atom. The van der Waals surface area contributed by atoms with E-state index >= 15 is 0 Å². The number of benzene rings is 1. The molecule has 6 nitrogen and oxygen atoms in total. The lowest BCUT2D eigenvalue weighted by molar-refractivity contribution is 0.416. The summed E-state index contributed by atoms with van der Waals surface area (Å²) in [6.45, 7) is 2.90. The number of ether oxygens (including phenoxy) is 1. The average Bonchev–Trinajstić information content (AvgIpc) is 3.39. The Morgan fingerprint density at radius 1 is 1.11 bits per heavy atom. The maximum Gasteiger partial charge on any atom is 0.191 e. The van der Waals surface area contributed by atoms with Crippen LogP contribution >= 0.6 is 23.1 Å². The number of hydrogen-bond acceptors (Lipinski definition) is 7. The predicted octanol–water partition coefficient (Wildman–Crippen LogP) is 4.78. The highest BCUT2D eigenvalue weighted by Crippen LogP contribution is 2.33. The quantitative estimate of drug-likeness (QED) is 0.409. The van der Waals surface area contributed by atoms with Gasteiger partial charge in [0.2, 0.25) is 0 Å². The van der Waals surface area contributed by atoms with E-state index in [2.05, 4.69) is 32.1 Å². The summed E-state index contributed by atoms with van der Waals surface area (Å²) < 4.78 is 7.57. The fourth-order valence-corrected chi connectivity index (χ4v) is 4.70. The fraction of sp³-hybridized carbons (Fsp3) is 0.200. The Hall–Kier alpha value is -2.71. The van der Waals surface area contributed by atoms with Gasteiger partial charge in [-0.05, 0) is 31.2 Å². The van der Waals surface area contributed by atoms with Crippen LogP contribution in [0.5, 0.6) is 5.75 Å². The van der Waals surface area contributed by atoms with Crippen LogP contribution in [0.15, 0.2) is 59.3 Å². The SMILES string of the molecule is CCn1c(SCc2csc(-c3ccccc3OC)n2)nnc1-c1ccncc1.